The molecule has 1 saturated carbocycles. The van der Waals surface area contributed by atoms with Crippen LogP contribution in [0.4, 0.5) is 0 Å². The van der Waals surface area contributed by atoms with E-state index in [1.807, 2.05) is 6.92 Å². The van der Waals surface area contributed by atoms with Crippen LogP contribution in [-0.2, 0) is 20.9 Å². The maximum absolute atomic E-state index is 12.6. The molecule has 1 aromatic heterocycles. The van der Waals surface area contributed by atoms with Crippen molar-refractivity contribution >= 4 is 23.2 Å². The van der Waals surface area contributed by atoms with Crippen molar-refractivity contribution < 1.29 is 14.3 Å². The Labute approximate surface area is 158 Å². The first-order chi connectivity index (χ1) is 12.6. The van der Waals surface area contributed by atoms with Crippen LogP contribution in [0, 0.1) is 18.8 Å². The topological polar surface area (TPSA) is 84.4 Å². The number of ether oxygens (including phenoxy) is 1. The molecule has 1 aliphatic carbocycles. The van der Waals surface area contributed by atoms with Crippen LogP contribution >= 0.6 is 11.3 Å². The SMILES string of the molecule is Cc1nnc(CNC(=O)C2COCCN(C(=O)CCC3CCCC3)C2)s1. The molecule has 0 aromatic carbocycles. The van der Waals surface area contributed by atoms with E-state index in [4.69, 9.17) is 4.74 Å². The summed E-state index contributed by atoms with van der Waals surface area (Å²) in [6, 6.07) is 0. The highest BCUT2D eigenvalue weighted by atomic mass is 32.1. The summed E-state index contributed by atoms with van der Waals surface area (Å²) in [7, 11) is 0. The first-order valence-corrected chi connectivity index (χ1v) is 10.4. The average molecular weight is 381 g/mol. The second kappa shape index (κ2) is 9.41. The maximum atomic E-state index is 12.6. The van der Waals surface area contributed by atoms with Crippen molar-refractivity contribution in [1.82, 2.24) is 20.4 Å². The summed E-state index contributed by atoms with van der Waals surface area (Å²) in [4.78, 5) is 26.9. The maximum Gasteiger partial charge on any atom is 0.227 e. The lowest BCUT2D eigenvalue weighted by Crippen LogP contribution is -2.41. The van der Waals surface area contributed by atoms with E-state index in [1.165, 1.54) is 37.0 Å². The molecule has 1 unspecified atom stereocenters. The molecular weight excluding hydrogens is 352 g/mol. The number of hydrogen-bond donors (Lipinski definition) is 1. The number of rotatable bonds is 6. The number of nitrogens with zero attached hydrogens (tertiary/aromatic N) is 3. The molecule has 26 heavy (non-hydrogen) atoms. The van der Waals surface area contributed by atoms with Gasteiger partial charge in [0.05, 0.1) is 25.7 Å². The van der Waals surface area contributed by atoms with Crippen LogP contribution in [0.25, 0.3) is 0 Å². The highest BCUT2D eigenvalue weighted by Crippen LogP contribution is 2.28. The van der Waals surface area contributed by atoms with Crippen LogP contribution in [-0.4, -0.2) is 53.2 Å². The highest BCUT2D eigenvalue weighted by Gasteiger charge is 2.28. The lowest BCUT2D eigenvalue weighted by molar-refractivity contribution is -0.133. The van der Waals surface area contributed by atoms with Crippen molar-refractivity contribution in [2.45, 2.75) is 52.0 Å². The Morgan fingerprint density at radius 3 is 2.85 bits per heavy atom. The van der Waals surface area contributed by atoms with Gasteiger partial charge in [0.2, 0.25) is 11.8 Å². The molecular formula is C18H28N4O3S. The number of carbonyl (C=O) groups is 2. The van der Waals surface area contributed by atoms with Gasteiger partial charge in [-0.1, -0.05) is 37.0 Å². The Kier molecular flexibility index (Phi) is 6.96. The molecule has 1 N–H and O–H groups in total. The van der Waals surface area contributed by atoms with Crippen LogP contribution < -0.4 is 5.32 Å². The summed E-state index contributed by atoms with van der Waals surface area (Å²) in [6.07, 6.45) is 6.67. The van der Waals surface area contributed by atoms with Gasteiger partial charge < -0.3 is 15.0 Å². The van der Waals surface area contributed by atoms with E-state index < -0.39 is 0 Å². The molecule has 144 valence electrons. The molecule has 1 saturated heterocycles. The molecule has 8 heteroatoms. The zero-order valence-corrected chi connectivity index (χ0v) is 16.2. The van der Waals surface area contributed by atoms with Crippen molar-refractivity contribution in [2.24, 2.45) is 11.8 Å². The number of aryl methyl sites for hydroxylation is 1. The average Bonchev–Trinajstić information content (AvgIpc) is 3.23. The zero-order valence-electron chi connectivity index (χ0n) is 15.4. The zero-order chi connectivity index (χ0) is 18.4. The second-order valence-corrected chi connectivity index (χ2v) is 8.50. The second-order valence-electron chi connectivity index (χ2n) is 7.23. The lowest BCUT2D eigenvalue weighted by atomic mass is 10.0. The predicted molar refractivity (Wildman–Crippen MR) is 98.6 cm³/mol. The number of carbonyl (C=O) groups excluding carboxylic acids is 2. The first-order valence-electron chi connectivity index (χ1n) is 9.54. The largest absolute Gasteiger partial charge is 0.379 e. The fourth-order valence-electron chi connectivity index (χ4n) is 3.70. The fraction of sp³-hybridized carbons (Fsp3) is 0.778. The summed E-state index contributed by atoms with van der Waals surface area (Å²) in [6.45, 7) is 4.11. The van der Waals surface area contributed by atoms with E-state index in [0.717, 1.165) is 16.4 Å². The fourth-order valence-corrected chi connectivity index (χ4v) is 4.34. The van der Waals surface area contributed by atoms with Crippen LogP contribution in [0.2, 0.25) is 0 Å². The Balaban J connectivity index is 1.47. The summed E-state index contributed by atoms with van der Waals surface area (Å²) in [5, 5.41) is 12.5. The minimum Gasteiger partial charge on any atom is -0.379 e. The molecule has 7 nitrogen and oxygen atoms in total. The molecule has 2 aliphatic rings. The van der Waals surface area contributed by atoms with Gasteiger partial charge in [-0.15, -0.1) is 10.2 Å². The Hall–Kier alpha value is -1.54. The van der Waals surface area contributed by atoms with Gasteiger partial charge in [-0.25, -0.2) is 0 Å². The van der Waals surface area contributed by atoms with Gasteiger partial charge in [0.25, 0.3) is 0 Å². The molecule has 0 radical (unpaired) electrons. The Morgan fingerprint density at radius 1 is 1.31 bits per heavy atom. The molecule has 0 bridgehead atoms. The summed E-state index contributed by atoms with van der Waals surface area (Å²) in [5.74, 6) is 0.437. The van der Waals surface area contributed by atoms with E-state index in [-0.39, 0.29) is 17.7 Å². The van der Waals surface area contributed by atoms with Gasteiger partial charge in [-0.2, -0.15) is 0 Å². The molecule has 2 amide bonds. The number of nitrogens with one attached hydrogen (secondary N) is 1. The van der Waals surface area contributed by atoms with Crippen LogP contribution in [0.15, 0.2) is 0 Å². The third-order valence-electron chi connectivity index (χ3n) is 5.21. The van der Waals surface area contributed by atoms with Crippen molar-refractivity contribution in [3.8, 4) is 0 Å². The van der Waals surface area contributed by atoms with Gasteiger partial charge in [0.1, 0.15) is 10.0 Å². The smallest absolute Gasteiger partial charge is 0.227 e. The van der Waals surface area contributed by atoms with Crippen LogP contribution in [0.3, 0.4) is 0 Å². The van der Waals surface area contributed by atoms with E-state index in [1.54, 1.807) is 4.90 Å². The highest BCUT2D eigenvalue weighted by molar-refractivity contribution is 7.11. The Bertz CT molecular complexity index is 615. The monoisotopic (exact) mass is 380 g/mol. The van der Waals surface area contributed by atoms with Gasteiger partial charge in [0, 0.05) is 19.5 Å². The van der Waals surface area contributed by atoms with E-state index in [9.17, 15) is 9.59 Å². The minimum absolute atomic E-state index is 0.0895. The van der Waals surface area contributed by atoms with Crippen LogP contribution in [0.1, 0.15) is 48.5 Å². The quantitative estimate of drug-likeness (QED) is 0.815. The lowest BCUT2D eigenvalue weighted by Gasteiger charge is -2.23. The molecule has 3 rings (SSSR count). The van der Waals surface area contributed by atoms with Crippen molar-refractivity contribution in [1.29, 1.82) is 0 Å². The third-order valence-corrected chi connectivity index (χ3v) is 6.05. The molecule has 1 aliphatic heterocycles. The molecule has 2 heterocycles. The molecule has 2 fully saturated rings. The third kappa shape index (κ3) is 5.48. The van der Waals surface area contributed by atoms with Gasteiger partial charge in [0.15, 0.2) is 0 Å². The van der Waals surface area contributed by atoms with E-state index in [2.05, 4.69) is 15.5 Å². The van der Waals surface area contributed by atoms with Crippen molar-refractivity contribution in [2.75, 3.05) is 26.3 Å². The van der Waals surface area contributed by atoms with Crippen LogP contribution in [0.5, 0.6) is 0 Å². The van der Waals surface area contributed by atoms with Gasteiger partial charge >= 0.3 is 0 Å². The van der Waals surface area contributed by atoms with Crippen molar-refractivity contribution in [3.05, 3.63) is 10.0 Å². The van der Waals surface area contributed by atoms with Crippen molar-refractivity contribution in [3.63, 3.8) is 0 Å². The predicted octanol–water partition coefficient (Wildman–Crippen LogP) is 1.91. The summed E-state index contributed by atoms with van der Waals surface area (Å²) in [5.41, 5.74) is 0. The molecule has 0 spiro atoms. The summed E-state index contributed by atoms with van der Waals surface area (Å²) < 4.78 is 5.56. The Morgan fingerprint density at radius 2 is 2.12 bits per heavy atom. The van der Waals surface area contributed by atoms with Gasteiger partial charge in [-0.3, -0.25) is 9.59 Å². The van der Waals surface area contributed by atoms with E-state index >= 15 is 0 Å². The van der Waals surface area contributed by atoms with Gasteiger partial charge in [-0.05, 0) is 19.3 Å². The summed E-state index contributed by atoms with van der Waals surface area (Å²) >= 11 is 1.47. The first kappa shape index (κ1) is 19.2. The number of hydrogen-bond acceptors (Lipinski definition) is 6. The standard InChI is InChI=1S/C18H28N4O3S/c1-13-20-21-16(26-13)10-19-18(24)15-11-22(8-9-25-12-15)17(23)7-6-14-4-2-3-5-14/h14-15H,2-12H2,1H3,(H,19,24). The van der Waals surface area contributed by atoms with E-state index in [0.29, 0.717) is 45.2 Å². The molecule has 1 aromatic rings. The minimum atomic E-state index is -0.332. The normalized spacial score (nSPS) is 21.6. The number of amides is 2. The number of aromatic nitrogens is 2. The molecule has 1 atom stereocenters.